The van der Waals surface area contributed by atoms with Crippen LogP contribution in [0, 0.1) is 0 Å². The van der Waals surface area contributed by atoms with Crippen molar-refractivity contribution in [2.75, 3.05) is 13.1 Å². The lowest BCUT2D eigenvalue weighted by Crippen LogP contribution is -2.39. The molecular formula is C20H26N4O2. The third-order valence-electron chi connectivity index (χ3n) is 5.81. The molecule has 2 heterocycles. The number of likely N-dealkylation sites (tertiary alicyclic amines) is 1. The van der Waals surface area contributed by atoms with Gasteiger partial charge in [0.05, 0.1) is 0 Å². The highest BCUT2D eigenvalue weighted by Crippen LogP contribution is 2.28. The summed E-state index contributed by atoms with van der Waals surface area (Å²) in [5, 5.41) is 17.6. The van der Waals surface area contributed by atoms with Crippen molar-refractivity contribution in [2.24, 2.45) is 7.05 Å². The molecule has 6 heteroatoms. The molecule has 1 atom stereocenters. The zero-order valence-electron chi connectivity index (χ0n) is 15.3. The molecule has 1 N–H and O–H groups in total. The number of nitrogens with zero attached hydrogens (tertiary/aromatic N) is 4. The monoisotopic (exact) mass is 354 g/mol. The highest BCUT2D eigenvalue weighted by Gasteiger charge is 2.29. The quantitative estimate of drug-likeness (QED) is 0.917. The number of benzene rings is 1. The molecule has 0 unspecified atom stereocenters. The summed E-state index contributed by atoms with van der Waals surface area (Å²) in [6.07, 6.45) is 6.64. The number of carbonyl (C=O) groups excluding carboxylic acids is 1. The molecule has 1 aromatic carbocycles. The maximum atomic E-state index is 13.1. The smallest absolute Gasteiger partial charge is 0.253 e. The van der Waals surface area contributed by atoms with E-state index in [0.29, 0.717) is 12.4 Å². The molecule has 1 aliphatic carbocycles. The van der Waals surface area contributed by atoms with Gasteiger partial charge in [-0.15, -0.1) is 10.2 Å². The third-order valence-corrected chi connectivity index (χ3v) is 5.81. The molecule has 2 aliphatic rings. The van der Waals surface area contributed by atoms with E-state index in [2.05, 4.69) is 22.3 Å². The van der Waals surface area contributed by atoms with Gasteiger partial charge >= 0.3 is 0 Å². The van der Waals surface area contributed by atoms with E-state index in [1.807, 2.05) is 22.6 Å². The van der Waals surface area contributed by atoms with E-state index < -0.39 is 0 Å². The second-order valence-corrected chi connectivity index (χ2v) is 7.47. The van der Waals surface area contributed by atoms with Crippen LogP contribution >= 0.6 is 0 Å². The van der Waals surface area contributed by atoms with Gasteiger partial charge in [-0.3, -0.25) is 4.79 Å². The number of hydrogen-bond acceptors (Lipinski definition) is 4. The average Bonchev–Trinajstić information content (AvgIpc) is 3.07. The van der Waals surface area contributed by atoms with E-state index in [0.717, 1.165) is 43.6 Å². The second kappa shape index (κ2) is 7.19. The molecule has 1 amide bonds. The van der Waals surface area contributed by atoms with Gasteiger partial charge in [-0.05, 0) is 61.8 Å². The Kier molecular flexibility index (Phi) is 4.76. The van der Waals surface area contributed by atoms with Crippen LogP contribution in [-0.2, 0) is 26.5 Å². The van der Waals surface area contributed by atoms with Gasteiger partial charge in [0.2, 0.25) is 0 Å². The number of fused-ring (bicyclic) bond motifs is 1. The van der Waals surface area contributed by atoms with E-state index in [-0.39, 0.29) is 18.4 Å². The van der Waals surface area contributed by atoms with Crippen LogP contribution in [0.25, 0.3) is 0 Å². The molecule has 0 bridgehead atoms. The van der Waals surface area contributed by atoms with Crippen LogP contribution in [0.5, 0.6) is 0 Å². The Balaban J connectivity index is 1.52. The van der Waals surface area contributed by atoms with Gasteiger partial charge in [-0.1, -0.05) is 6.07 Å². The molecular weight excluding hydrogens is 328 g/mol. The van der Waals surface area contributed by atoms with Crippen LogP contribution in [-0.4, -0.2) is 43.8 Å². The van der Waals surface area contributed by atoms with Crippen molar-refractivity contribution in [3.05, 3.63) is 46.5 Å². The Morgan fingerprint density at radius 2 is 2.00 bits per heavy atom. The van der Waals surface area contributed by atoms with Crippen LogP contribution in [0.3, 0.4) is 0 Å². The van der Waals surface area contributed by atoms with Gasteiger partial charge in [-0.25, -0.2) is 0 Å². The molecule has 1 saturated heterocycles. The fourth-order valence-corrected chi connectivity index (χ4v) is 4.29. The molecule has 1 aliphatic heterocycles. The number of piperidine rings is 1. The van der Waals surface area contributed by atoms with Crippen molar-refractivity contribution in [3.8, 4) is 0 Å². The lowest BCUT2D eigenvalue weighted by molar-refractivity contribution is 0.0703. The zero-order chi connectivity index (χ0) is 18.1. The summed E-state index contributed by atoms with van der Waals surface area (Å²) < 4.78 is 1.86. The van der Waals surface area contributed by atoms with Gasteiger partial charge in [-0.2, -0.15) is 0 Å². The zero-order valence-corrected chi connectivity index (χ0v) is 15.3. The van der Waals surface area contributed by atoms with Gasteiger partial charge in [0, 0.05) is 31.6 Å². The molecule has 1 aromatic heterocycles. The number of aliphatic hydroxyl groups excluding tert-OH is 1. The highest BCUT2D eigenvalue weighted by atomic mass is 16.3. The molecule has 4 rings (SSSR count). The van der Waals surface area contributed by atoms with Crippen LogP contribution in [0.2, 0.25) is 0 Å². The molecule has 6 nitrogen and oxygen atoms in total. The number of aryl methyl sites for hydroxylation is 2. The van der Waals surface area contributed by atoms with Crippen molar-refractivity contribution >= 4 is 5.91 Å². The SMILES string of the molecule is Cn1c(CO)nnc1[C@@H]1CCCN(C(=O)c2ccc3c(c2)CCCC3)C1. The van der Waals surface area contributed by atoms with Gasteiger partial charge < -0.3 is 14.6 Å². The first-order valence-corrected chi connectivity index (χ1v) is 9.57. The van der Waals surface area contributed by atoms with E-state index in [1.165, 1.54) is 24.0 Å². The summed E-state index contributed by atoms with van der Waals surface area (Å²) >= 11 is 0. The van der Waals surface area contributed by atoms with Crippen molar-refractivity contribution in [1.29, 1.82) is 0 Å². The Bertz CT molecular complexity index is 814. The Labute approximate surface area is 153 Å². The number of rotatable bonds is 3. The topological polar surface area (TPSA) is 71.2 Å². The predicted octanol–water partition coefficient (Wildman–Crippen LogP) is 2.21. The Hall–Kier alpha value is -2.21. The maximum absolute atomic E-state index is 13.1. The van der Waals surface area contributed by atoms with Crippen molar-refractivity contribution in [2.45, 2.75) is 51.0 Å². The molecule has 2 aromatic rings. The minimum absolute atomic E-state index is 0.117. The standard InChI is InChI=1S/C20H26N4O2/c1-23-18(13-25)21-22-19(23)17-7-4-10-24(12-17)20(26)16-9-8-14-5-2-3-6-15(14)11-16/h8-9,11,17,25H,2-7,10,12-13H2,1H3/t17-/m1/s1. The fraction of sp³-hybridized carbons (Fsp3) is 0.550. The molecule has 0 saturated carbocycles. The van der Waals surface area contributed by atoms with Crippen LogP contribution in [0.15, 0.2) is 18.2 Å². The summed E-state index contributed by atoms with van der Waals surface area (Å²) in [5.74, 6) is 1.71. The first kappa shape index (κ1) is 17.2. The van der Waals surface area contributed by atoms with Gasteiger partial charge in [0.1, 0.15) is 12.4 Å². The predicted molar refractivity (Wildman–Crippen MR) is 97.9 cm³/mol. The molecule has 138 valence electrons. The fourth-order valence-electron chi connectivity index (χ4n) is 4.29. The molecule has 26 heavy (non-hydrogen) atoms. The third kappa shape index (κ3) is 3.14. The Morgan fingerprint density at radius 3 is 2.77 bits per heavy atom. The normalized spacial score (nSPS) is 20.1. The molecule has 0 radical (unpaired) electrons. The largest absolute Gasteiger partial charge is 0.388 e. The lowest BCUT2D eigenvalue weighted by Gasteiger charge is -2.32. The molecule has 0 spiro atoms. The lowest BCUT2D eigenvalue weighted by atomic mass is 9.90. The summed E-state index contributed by atoms with van der Waals surface area (Å²) in [6.45, 7) is 1.33. The first-order valence-electron chi connectivity index (χ1n) is 9.57. The minimum Gasteiger partial charge on any atom is -0.388 e. The summed E-state index contributed by atoms with van der Waals surface area (Å²) in [6, 6.07) is 6.23. The second-order valence-electron chi connectivity index (χ2n) is 7.47. The summed E-state index contributed by atoms with van der Waals surface area (Å²) in [5.41, 5.74) is 3.55. The van der Waals surface area contributed by atoms with E-state index in [9.17, 15) is 9.90 Å². The number of amides is 1. The van der Waals surface area contributed by atoms with E-state index in [4.69, 9.17) is 0 Å². The number of hydrogen-bond donors (Lipinski definition) is 1. The van der Waals surface area contributed by atoms with Crippen molar-refractivity contribution < 1.29 is 9.90 Å². The molecule has 1 fully saturated rings. The van der Waals surface area contributed by atoms with Crippen molar-refractivity contribution in [3.63, 3.8) is 0 Å². The van der Waals surface area contributed by atoms with Crippen LogP contribution in [0.4, 0.5) is 0 Å². The summed E-state index contributed by atoms with van der Waals surface area (Å²) in [4.78, 5) is 15.0. The maximum Gasteiger partial charge on any atom is 0.253 e. The van der Waals surface area contributed by atoms with Gasteiger partial charge in [0.25, 0.3) is 5.91 Å². The number of aliphatic hydroxyl groups is 1. The number of carbonyl (C=O) groups is 1. The highest BCUT2D eigenvalue weighted by molar-refractivity contribution is 5.94. The van der Waals surface area contributed by atoms with Crippen molar-refractivity contribution in [1.82, 2.24) is 19.7 Å². The van der Waals surface area contributed by atoms with E-state index in [1.54, 1.807) is 0 Å². The van der Waals surface area contributed by atoms with Gasteiger partial charge in [0.15, 0.2) is 5.82 Å². The van der Waals surface area contributed by atoms with Crippen LogP contribution in [0.1, 0.15) is 64.7 Å². The van der Waals surface area contributed by atoms with Crippen LogP contribution < -0.4 is 0 Å². The number of aromatic nitrogens is 3. The first-order chi connectivity index (χ1) is 12.7. The summed E-state index contributed by atoms with van der Waals surface area (Å²) in [7, 11) is 1.88. The minimum atomic E-state index is -0.117. The van der Waals surface area contributed by atoms with E-state index >= 15 is 0 Å². The Morgan fingerprint density at radius 1 is 1.19 bits per heavy atom. The average molecular weight is 354 g/mol.